The van der Waals surface area contributed by atoms with Crippen LogP contribution in [-0.4, -0.2) is 56.9 Å². The molecule has 0 unspecified atom stereocenters. The molecule has 0 fully saturated rings. The summed E-state index contributed by atoms with van der Waals surface area (Å²) in [5.74, 6) is -0.490. The summed E-state index contributed by atoms with van der Waals surface area (Å²) in [5.41, 5.74) is 0. The molecule has 0 bridgehead atoms. The zero-order chi connectivity index (χ0) is 15.5. The fraction of sp³-hybridized carbons (Fsp3) is 0.667. The molecule has 0 aliphatic carbocycles. The SMILES string of the molecule is C=CC(=O)NCCC(NC)(NC)NC.O=S(=O)(O)O. The molecule has 0 aromatic carbocycles. The molecule has 0 atom stereocenters. The number of carbonyl (C=O) groups is 1. The molecule has 0 aromatic rings. The van der Waals surface area contributed by atoms with Crippen LogP contribution in [-0.2, 0) is 15.2 Å². The van der Waals surface area contributed by atoms with Crippen molar-refractivity contribution in [1.29, 1.82) is 0 Å². The summed E-state index contributed by atoms with van der Waals surface area (Å²) >= 11 is 0. The smallest absolute Gasteiger partial charge is 0.352 e. The molecule has 0 saturated heterocycles. The summed E-state index contributed by atoms with van der Waals surface area (Å²) in [6.07, 6.45) is 2.00. The van der Waals surface area contributed by atoms with Gasteiger partial charge >= 0.3 is 10.4 Å². The molecule has 0 rings (SSSR count). The van der Waals surface area contributed by atoms with E-state index in [4.69, 9.17) is 17.5 Å². The van der Waals surface area contributed by atoms with Crippen LogP contribution in [0.2, 0.25) is 0 Å². The van der Waals surface area contributed by atoms with Crippen molar-refractivity contribution in [1.82, 2.24) is 21.3 Å². The minimum Gasteiger partial charge on any atom is -0.352 e. The van der Waals surface area contributed by atoms with Crippen LogP contribution < -0.4 is 21.3 Å². The van der Waals surface area contributed by atoms with Crippen LogP contribution in [0.4, 0.5) is 0 Å². The summed E-state index contributed by atoms with van der Waals surface area (Å²) in [7, 11) is 0.882. The van der Waals surface area contributed by atoms with E-state index >= 15 is 0 Å². The largest absolute Gasteiger partial charge is 0.394 e. The van der Waals surface area contributed by atoms with Gasteiger partial charge in [-0.25, -0.2) is 0 Å². The molecular formula is C9H22N4O5S. The number of rotatable bonds is 7. The van der Waals surface area contributed by atoms with Gasteiger partial charge in [-0.3, -0.25) is 29.9 Å². The first-order chi connectivity index (χ1) is 8.64. The lowest BCUT2D eigenvalue weighted by atomic mass is 10.2. The van der Waals surface area contributed by atoms with E-state index in [1.165, 1.54) is 6.08 Å². The summed E-state index contributed by atoms with van der Waals surface area (Å²) < 4.78 is 31.6. The lowest BCUT2D eigenvalue weighted by molar-refractivity contribution is -0.116. The van der Waals surface area contributed by atoms with Crippen LogP contribution in [0.1, 0.15) is 6.42 Å². The third kappa shape index (κ3) is 13.2. The number of hydrogen-bond acceptors (Lipinski definition) is 6. The Labute approximate surface area is 113 Å². The average Bonchev–Trinajstić information content (AvgIpc) is 2.33. The lowest BCUT2D eigenvalue weighted by Crippen LogP contribution is -2.64. The van der Waals surface area contributed by atoms with Crippen molar-refractivity contribution in [2.75, 3.05) is 27.7 Å². The van der Waals surface area contributed by atoms with Crippen LogP contribution >= 0.6 is 0 Å². The zero-order valence-electron chi connectivity index (χ0n) is 11.2. The number of hydrogen-bond donors (Lipinski definition) is 6. The summed E-state index contributed by atoms with van der Waals surface area (Å²) in [4.78, 5) is 10.9. The Bertz CT molecular complexity index is 351. The van der Waals surface area contributed by atoms with Gasteiger partial charge in [0.15, 0.2) is 0 Å². The van der Waals surface area contributed by atoms with Crippen LogP contribution in [0.25, 0.3) is 0 Å². The maximum absolute atomic E-state index is 10.9. The number of nitrogens with one attached hydrogen (secondary N) is 4. The molecule has 0 spiro atoms. The third-order valence-corrected chi connectivity index (χ3v) is 2.26. The number of carbonyl (C=O) groups excluding carboxylic acids is 1. The third-order valence-electron chi connectivity index (χ3n) is 2.26. The van der Waals surface area contributed by atoms with Gasteiger partial charge < -0.3 is 5.32 Å². The van der Waals surface area contributed by atoms with E-state index in [1.807, 2.05) is 21.1 Å². The van der Waals surface area contributed by atoms with Gasteiger partial charge in [-0.1, -0.05) is 6.58 Å². The fourth-order valence-corrected chi connectivity index (χ4v) is 1.20. The molecule has 0 aliphatic heterocycles. The van der Waals surface area contributed by atoms with E-state index in [0.717, 1.165) is 6.42 Å². The quantitative estimate of drug-likeness (QED) is 0.186. The Hall–Kier alpha value is -1.04. The Balaban J connectivity index is 0. The first-order valence-corrected chi connectivity index (χ1v) is 6.70. The normalized spacial score (nSPS) is 11.2. The van der Waals surface area contributed by atoms with Crippen molar-refractivity contribution in [3.63, 3.8) is 0 Å². The van der Waals surface area contributed by atoms with Crippen molar-refractivity contribution in [3.8, 4) is 0 Å². The molecule has 114 valence electrons. The van der Waals surface area contributed by atoms with Gasteiger partial charge in [0.25, 0.3) is 0 Å². The van der Waals surface area contributed by atoms with Crippen molar-refractivity contribution >= 4 is 16.3 Å². The molecule has 0 aromatic heterocycles. The lowest BCUT2D eigenvalue weighted by Gasteiger charge is -2.32. The Morgan fingerprint density at radius 1 is 1.21 bits per heavy atom. The van der Waals surface area contributed by atoms with Crippen molar-refractivity contribution in [2.24, 2.45) is 0 Å². The Morgan fingerprint density at radius 3 is 1.84 bits per heavy atom. The fourth-order valence-electron chi connectivity index (χ4n) is 1.20. The molecule has 1 amide bonds. The van der Waals surface area contributed by atoms with Gasteiger partial charge in [-0.15, -0.1) is 0 Å². The Kier molecular flexibility index (Phi) is 10.5. The van der Waals surface area contributed by atoms with E-state index in [0.29, 0.717) is 6.54 Å². The molecule has 0 heterocycles. The van der Waals surface area contributed by atoms with Crippen LogP contribution in [0.15, 0.2) is 12.7 Å². The highest BCUT2D eigenvalue weighted by Crippen LogP contribution is 1.97. The van der Waals surface area contributed by atoms with Gasteiger partial charge in [0.2, 0.25) is 5.91 Å². The second-order valence-corrected chi connectivity index (χ2v) is 4.24. The van der Waals surface area contributed by atoms with Crippen molar-refractivity contribution < 1.29 is 22.3 Å². The Morgan fingerprint density at radius 2 is 1.58 bits per heavy atom. The standard InChI is InChI=1S/C9H20N4O.H2O4S/c1-5-8(14)13-7-6-9(10-2,11-3)12-4;1-5(2,3)4/h5,10-12H,1,6-7H2,2-4H3,(H,13,14);(H2,1,2,3,4). The second kappa shape index (κ2) is 9.83. The molecule has 0 radical (unpaired) electrons. The van der Waals surface area contributed by atoms with Crippen molar-refractivity contribution in [2.45, 2.75) is 12.2 Å². The van der Waals surface area contributed by atoms with Gasteiger partial charge in [0.05, 0.1) is 0 Å². The highest BCUT2D eigenvalue weighted by atomic mass is 32.3. The monoisotopic (exact) mass is 298 g/mol. The molecule has 9 nitrogen and oxygen atoms in total. The van der Waals surface area contributed by atoms with E-state index < -0.39 is 10.4 Å². The predicted molar refractivity (Wildman–Crippen MR) is 71.9 cm³/mol. The second-order valence-electron chi connectivity index (χ2n) is 3.35. The van der Waals surface area contributed by atoms with Gasteiger partial charge in [0, 0.05) is 13.0 Å². The molecule has 10 heteroatoms. The topological polar surface area (TPSA) is 140 Å². The number of amides is 1. The van der Waals surface area contributed by atoms with E-state index in [-0.39, 0.29) is 11.7 Å². The molecule has 0 saturated carbocycles. The highest BCUT2D eigenvalue weighted by molar-refractivity contribution is 7.79. The van der Waals surface area contributed by atoms with Crippen LogP contribution in [0, 0.1) is 0 Å². The average molecular weight is 298 g/mol. The summed E-state index contributed by atoms with van der Waals surface area (Å²) in [5, 5.41) is 12.0. The van der Waals surface area contributed by atoms with E-state index in [9.17, 15) is 4.79 Å². The van der Waals surface area contributed by atoms with E-state index in [1.54, 1.807) is 0 Å². The first kappa shape index (κ1) is 20.3. The van der Waals surface area contributed by atoms with E-state index in [2.05, 4.69) is 27.8 Å². The minimum absolute atomic E-state index is 0.151. The summed E-state index contributed by atoms with van der Waals surface area (Å²) in [6, 6.07) is 0. The predicted octanol–water partition coefficient (Wildman–Crippen LogP) is -1.66. The van der Waals surface area contributed by atoms with Gasteiger partial charge in [-0.2, -0.15) is 8.42 Å². The minimum atomic E-state index is -4.67. The van der Waals surface area contributed by atoms with Crippen LogP contribution in [0.3, 0.4) is 0 Å². The molecule has 6 N–H and O–H groups in total. The molecule has 19 heavy (non-hydrogen) atoms. The molecular weight excluding hydrogens is 276 g/mol. The maximum atomic E-state index is 10.9. The highest BCUT2D eigenvalue weighted by Gasteiger charge is 2.22. The molecule has 0 aliphatic rings. The van der Waals surface area contributed by atoms with Crippen LogP contribution in [0.5, 0.6) is 0 Å². The summed E-state index contributed by atoms with van der Waals surface area (Å²) in [6.45, 7) is 3.95. The van der Waals surface area contributed by atoms with Crippen molar-refractivity contribution in [3.05, 3.63) is 12.7 Å². The first-order valence-electron chi connectivity index (χ1n) is 5.31. The maximum Gasteiger partial charge on any atom is 0.394 e. The van der Waals surface area contributed by atoms with Gasteiger partial charge in [0.1, 0.15) is 5.79 Å². The zero-order valence-corrected chi connectivity index (χ0v) is 12.0. The van der Waals surface area contributed by atoms with Gasteiger partial charge in [-0.05, 0) is 27.2 Å².